The average Bonchev–Trinajstić information content (AvgIpc) is 2.84. The van der Waals surface area contributed by atoms with E-state index in [1.54, 1.807) is 0 Å². The van der Waals surface area contributed by atoms with Crippen LogP contribution in [-0.4, -0.2) is 61.3 Å². The first-order valence-corrected chi connectivity index (χ1v) is 11.2. The summed E-state index contributed by atoms with van der Waals surface area (Å²) in [4.78, 5) is 2.50. The summed E-state index contributed by atoms with van der Waals surface area (Å²) in [6.45, 7) is 2.66. The van der Waals surface area contributed by atoms with Crippen LogP contribution in [0.15, 0.2) is 23.1 Å². The number of hydrogen-bond donors (Lipinski definition) is 0. The normalized spacial score (nSPS) is 22.4. The lowest BCUT2D eigenvalue weighted by Crippen LogP contribution is -2.41. The van der Waals surface area contributed by atoms with Gasteiger partial charge in [-0.1, -0.05) is 11.6 Å². The van der Waals surface area contributed by atoms with Crippen LogP contribution in [0.25, 0.3) is 0 Å². The zero-order valence-corrected chi connectivity index (χ0v) is 15.8. The third kappa shape index (κ3) is 4.07. The molecule has 134 valence electrons. The SMILES string of the molecule is O=S(=O)(c1ccc(F)c(Cl)c1)N1CCCN(C2CCSCC2)CC1. The van der Waals surface area contributed by atoms with Crippen molar-refractivity contribution in [3.63, 3.8) is 0 Å². The second kappa shape index (κ2) is 7.91. The third-order valence-electron chi connectivity index (χ3n) is 4.73. The van der Waals surface area contributed by atoms with Gasteiger partial charge in [0.05, 0.1) is 9.92 Å². The molecule has 0 atom stereocenters. The minimum Gasteiger partial charge on any atom is -0.299 e. The second-order valence-electron chi connectivity index (χ2n) is 6.21. The van der Waals surface area contributed by atoms with Crippen molar-refractivity contribution >= 4 is 33.4 Å². The van der Waals surface area contributed by atoms with Crippen LogP contribution in [0.1, 0.15) is 19.3 Å². The zero-order chi connectivity index (χ0) is 17.2. The van der Waals surface area contributed by atoms with Gasteiger partial charge < -0.3 is 0 Å². The van der Waals surface area contributed by atoms with E-state index >= 15 is 0 Å². The molecule has 2 heterocycles. The summed E-state index contributed by atoms with van der Waals surface area (Å²) >= 11 is 7.74. The Morgan fingerprint density at radius 2 is 1.88 bits per heavy atom. The van der Waals surface area contributed by atoms with E-state index in [1.165, 1.54) is 40.8 Å². The van der Waals surface area contributed by atoms with Crippen LogP contribution in [0.4, 0.5) is 4.39 Å². The quantitative estimate of drug-likeness (QED) is 0.792. The first-order chi connectivity index (χ1) is 11.5. The summed E-state index contributed by atoms with van der Waals surface area (Å²) in [5.74, 6) is 1.78. The van der Waals surface area contributed by atoms with Gasteiger partial charge in [0.15, 0.2) is 0 Å². The van der Waals surface area contributed by atoms with Gasteiger partial charge in [0.2, 0.25) is 10.0 Å². The van der Waals surface area contributed by atoms with Crippen molar-refractivity contribution in [2.24, 2.45) is 0 Å². The molecule has 0 unspecified atom stereocenters. The van der Waals surface area contributed by atoms with E-state index < -0.39 is 15.8 Å². The molecule has 8 heteroatoms. The molecule has 0 saturated carbocycles. The molecule has 24 heavy (non-hydrogen) atoms. The highest BCUT2D eigenvalue weighted by atomic mass is 35.5. The summed E-state index contributed by atoms with van der Waals surface area (Å²) in [7, 11) is -3.63. The topological polar surface area (TPSA) is 40.6 Å². The van der Waals surface area contributed by atoms with E-state index in [1.807, 2.05) is 11.8 Å². The number of hydrogen-bond acceptors (Lipinski definition) is 4. The van der Waals surface area contributed by atoms with Crippen LogP contribution >= 0.6 is 23.4 Å². The lowest BCUT2D eigenvalue weighted by Gasteiger charge is -2.33. The minimum atomic E-state index is -3.63. The van der Waals surface area contributed by atoms with Crippen molar-refractivity contribution < 1.29 is 12.8 Å². The summed E-state index contributed by atoms with van der Waals surface area (Å²) in [6, 6.07) is 4.18. The van der Waals surface area contributed by atoms with Gasteiger partial charge in [-0.3, -0.25) is 4.90 Å². The molecule has 0 spiro atoms. The van der Waals surface area contributed by atoms with Crippen molar-refractivity contribution in [1.29, 1.82) is 0 Å². The number of nitrogens with zero attached hydrogens (tertiary/aromatic N) is 2. The maximum atomic E-state index is 13.3. The van der Waals surface area contributed by atoms with Gasteiger partial charge in [-0.25, -0.2) is 12.8 Å². The largest absolute Gasteiger partial charge is 0.299 e. The average molecular weight is 393 g/mol. The third-order valence-corrected chi connectivity index (χ3v) is 7.96. The molecule has 2 aliphatic rings. The van der Waals surface area contributed by atoms with Gasteiger partial charge in [-0.15, -0.1) is 0 Å². The van der Waals surface area contributed by atoms with E-state index in [0.717, 1.165) is 25.6 Å². The molecule has 0 aliphatic carbocycles. The van der Waals surface area contributed by atoms with Crippen molar-refractivity contribution in [3.8, 4) is 0 Å². The predicted octanol–water partition coefficient (Wildman–Crippen LogP) is 3.07. The molecule has 2 fully saturated rings. The zero-order valence-electron chi connectivity index (χ0n) is 13.5. The molecule has 0 N–H and O–H groups in total. The van der Waals surface area contributed by atoms with Crippen LogP contribution in [0.2, 0.25) is 5.02 Å². The van der Waals surface area contributed by atoms with E-state index in [-0.39, 0.29) is 9.92 Å². The summed E-state index contributed by atoms with van der Waals surface area (Å²) in [5, 5.41) is -0.160. The molecule has 0 aromatic heterocycles. The Labute approximate surface area is 152 Å². The van der Waals surface area contributed by atoms with Gasteiger partial charge >= 0.3 is 0 Å². The molecule has 3 rings (SSSR count). The number of rotatable bonds is 3. The standard InChI is InChI=1S/C16H22ClFN2O2S2/c17-15-12-14(2-3-16(15)18)24(21,22)20-7-1-6-19(8-9-20)13-4-10-23-11-5-13/h2-3,12-13H,1,4-11H2. The van der Waals surface area contributed by atoms with E-state index in [9.17, 15) is 12.8 Å². The van der Waals surface area contributed by atoms with Crippen LogP contribution in [0, 0.1) is 5.82 Å². The molecule has 4 nitrogen and oxygen atoms in total. The van der Waals surface area contributed by atoms with E-state index in [2.05, 4.69) is 4.90 Å². The number of thioether (sulfide) groups is 1. The van der Waals surface area contributed by atoms with Crippen LogP contribution in [0.3, 0.4) is 0 Å². The molecule has 2 saturated heterocycles. The lowest BCUT2D eigenvalue weighted by molar-refractivity contribution is 0.195. The monoisotopic (exact) mass is 392 g/mol. The maximum Gasteiger partial charge on any atom is 0.243 e. The highest BCUT2D eigenvalue weighted by molar-refractivity contribution is 7.99. The van der Waals surface area contributed by atoms with Crippen molar-refractivity contribution in [2.75, 3.05) is 37.7 Å². The summed E-state index contributed by atoms with van der Waals surface area (Å²) < 4.78 is 40.4. The van der Waals surface area contributed by atoms with Gasteiger partial charge in [0, 0.05) is 25.7 Å². The Morgan fingerprint density at radius 1 is 1.12 bits per heavy atom. The maximum absolute atomic E-state index is 13.3. The Bertz CT molecular complexity index is 681. The highest BCUT2D eigenvalue weighted by Gasteiger charge is 2.30. The fourth-order valence-electron chi connectivity index (χ4n) is 3.36. The minimum absolute atomic E-state index is 0.0661. The Hall–Kier alpha value is -0.340. The fraction of sp³-hybridized carbons (Fsp3) is 0.625. The Balaban J connectivity index is 1.71. The predicted molar refractivity (Wildman–Crippen MR) is 96.7 cm³/mol. The second-order valence-corrected chi connectivity index (χ2v) is 9.78. The summed E-state index contributed by atoms with van der Waals surface area (Å²) in [6.07, 6.45) is 3.19. The van der Waals surface area contributed by atoms with E-state index in [4.69, 9.17) is 11.6 Å². The Morgan fingerprint density at radius 3 is 2.58 bits per heavy atom. The van der Waals surface area contributed by atoms with Gasteiger partial charge in [-0.2, -0.15) is 16.1 Å². The number of sulfonamides is 1. The van der Waals surface area contributed by atoms with E-state index in [0.29, 0.717) is 19.1 Å². The molecular weight excluding hydrogens is 371 g/mol. The van der Waals surface area contributed by atoms with Crippen molar-refractivity contribution in [2.45, 2.75) is 30.2 Å². The van der Waals surface area contributed by atoms with Crippen LogP contribution in [0.5, 0.6) is 0 Å². The van der Waals surface area contributed by atoms with Crippen molar-refractivity contribution in [1.82, 2.24) is 9.21 Å². The van der Waals surface area contributed by atoms with Crippen LogP contribution < -0.4 is 0 Å². The first kappa shape index (κ1) is 18.5. The lowest BCUT2D eigenvalue weighted by atomic mass is 10.1. The van der Waals surface area contributed by atoms with Crippen LogP contribution in [-0.2, 0) is 10.0 Å². The molecular formula is C16H22ClFN2O2S2. The Kier molecular flexibility index (Phi) is 6.08. The molecule has 2 aliphatic heterocycles. The van der Waals surface area contributed by atoms with Crippen molar-refractivity contribution in [3.05, 3.63) is 29.0 Å². The first-order valence-electron chi connectivity index (χ1n) is 8.25. The molecule has 1 aromatic rings. The molecule has 0 radical (unpaired) electrons. The van der Waals surface area contributed by atoms with Gasteiger partial charge in [0.25, 0.3) is 0 Å². The fourth-order valence-corrected chi connectivity index (χ4v) is 6.18. The van der Waals surface area contributed by atoms with Gasteiger partial charge in [-0.05, 0) is 55.5 Å². The molecule has 0 amide bonds. The number of benzene rings is 1. The number of halogens is 2. The highest BCUT2D eigenvalue weighted by Crippen LogP contribution is 2.26. The molecule has 0 bridgehead atoms. The van der Waals surface area contributed by atoms with Gasteiger partial charge in [0.1, 0.15) is 5.82 Å². The summed E-state index contributed by atoms with van der Waals surface area (Å²) in [5.41, 5.74) is 0. The smallest absolute Gasteiger partial charge is 0.243 e. The molecule has 1 aromatic carbocycles.